The second-order valence-corrected chi connectivity index (χ2v) is 9.19. The van der Waals surface area contributed by atoms with Crippen LogP contribution >= 0.6 is 56.8 Å². The van der Waals surface area contributed by atoms with Crippen molar-refractivity contribution in [2.75, 3.05) is 14.2 Å². The lowest BCUT2D eigenvalue weighted by Crippen LogP contribution is -2.17. The number of halogens is 3. The SMILES string of the molecule is COc1cc(C(=O)N/N=C\c2cc(I)c(OCc3ccccc3Cl)c(OC)c2)ccc1I. The average Bonchev–Trinajstić information content (AvgIpc) is 2.79. The normalized spacial score (nSPS) is 10.8. The van der Waals surface area contributed by atoms with E-state index in [0.717, 1.165) is 18.3 Å². The minimum atomic E-state index is -0.336. The van der Waals surface area contributed by atoms with E-state index in [2.05, 4.69) is 55.7 Å². The summed E-state index contributed by atoms with van der Waals surface area (Å²) in [5, 5.41) is 4.71. The van der Waals surface area contributed by atoms with E-state index in [-0.39, 0.29) is 5.91 Å². The van der Waals surface area contributed by atoms with E-state index in [9.17, 15) is 4.79 Å². The molecule has 0 radical (unpaired) electrons. The first-order valence-electron chi connectivity index (χ1n) is 9.33. The van der Waals surface area contributed by atoms with Crippen LogP contribution < -0.4 is 19.6 Å². The van der Waals surface area contributed by atoms with Gasteiger partial charge in [0.1, 0.15) is 12.4 Å². The Balaban J connectivity index is 1.70. The number of hydrogen-bond donors (Lipinski definition) is 1. The molecule has 0 saturated carbocycles. The molecule has 9 heteroatoms. The molecular weight excluding hydrogens is 658 g/mol. The van der Waals surface area contributed by atoms with Crippen LogP contribution in [0.2, 0.25) is 5.02 Å². The van der Waals surface area contributed by atoms with Crippen molar-refractivity contribution < 1.29 is 19.0 Å². The standard InChI is InChI=1S/C23H19ClI2N2O4/c1-30-20-11-15(7-8-18(20)25)23(29)28-27-12-14-9-19(26)22(21(10-14)31-2)32-13-16-5-3-4-6-17(16)24/h3-12H,13H2,1-2H3,(H,28,29)/b27-12-. The van der Waals surface area contributed by atoms with Gasteiger partial charge in [0.25, 0.3) is 5.91 Å². The van der Waals surface area contributed by atoms with Gasteiger partial charge in [0.2, 0.25) is 0 Å². The second-order valence-electron chi connectivity index (χ2n) is 6.46. The van der Waals surface area contributed by atoms with Crippen molar-refractivity contribution >= 4 is 68.9 Å². The molecule has 0 heterocycles. The minimum Gasteiger partial charge on any atom is -0.496 e. The fourth-order valence-corrected chi connectivity index (χ4v) is 4.28. The zero-order chi connectivity index (χ0) is 23.1. The van der Waals surface area contributed by atoms with Crippen LogP contribution in [-0.2, 0) is 6.61 Å². The Morgan fingerprint density at radius 1 is 1.03 bits per heavy atom. The largest absolute Gasteiger partial charge is 0.496 e. The third-order valence-electron chi connectivity index (χ3n) is 4.37. The van der Waals surface area contributed by atoms with E-state index in [1.54, 1.807) is 38.6 Å². The Labute approximate surface area is 218 Å². The van der Waals surface area contributed by atoms with Gasteiger partial charge in [0.05, 0.1) is 27.6 Å². The maximum Gasteiger partial charge on any atom is 0.271 e. The molecule has 0 atom stereocenters. The van der Waals surface area contributed by atoms with Crippen molar-refractivity contribution in [3.05, 3.63) is 83.5 Å². The highest BCUT2D eigenvalue weighted by Crippen LogP contribution is 2.34. The maximum absolute atomic E-state index is 12.4. The summed E-state index contributed by atoms with van der Waals surface area (Å²) in [5.41, 5.74) is 4.61. The molecule has 0 aliphatic rings. The molecule has 3 rings (SSSR count). The third kappa shape index (κ3) is 6.26. The van der Waals surface area contributed by atoms with Crippen LogP contribution in [0.5, 0.6) is 17.2 Å². The van der Waals surface area contributed by atoms with Crippen molar-refractivity contribution in [1.82, 2.24) is 5.43 Å². The Morgan fingerprint density at radius 2 is 1.78 bits per heavy atom. The number of nitrogens with one attached hydrogen (secondary N) is 1. The van der Waals surface area contributed by atoms with Crippen LogP contribution in [0.3, 0.4) is 0 Å². The summed E-state index contributed by atoms with van der Waals surface area (Å²) in [4.78, 5) is 12.4. The van der Waals surface area contributed by atoms with Crippen LogP contribution in [0, 0.1) is 7.14 Å². The number of carbonyl (C=O) groups is 1. The van der Waals surface area contributed by atoms with Crippen molar-refractivity contribution in [3.63, 3.8) is 0 Å². The van der Waals surface area contributed by atoms with Crippen molar-refractivity contribution in [1.29, 1.82) is 0 Å². The Hall–Kier alpha value is -2.05. The highest BCUT2D eigenvalue weighted by Gasteiger charge is 2.13. The van der Waals surface area contributed by atoms with Crippen LogP contribution in [0.1, 0.15) is 21.5 Å². The summed E-state index contributed by atoms with van der Waals surface area (Å²) >= 11 is 10.5. The molecule has 6 nitrogen and oxygen atoms in total. The predicted molar refractivity (Wildman–Crippen MR) is 142 cm³/mol. The smallest absolute Gasteiger partial charge is 0.271 e. The van der Waals surface area contributed by atoms with Gasteiger partial charge in [-0.25, -0.2) is 5.43 Å². The topological polar surface area (TPSA) is 69.2 Å². The van der Waals surface area contributed by atoms with Gasteiger partial charge in [-0.2, -0.15) is 5.10 Å². The molecule has 0 spiro atoms. The number of carbonyl (C=O) groups excluding carboxylic acids is 1. The first-order valence-corrected chi connectivity index (χ1v) is 11.9. The summed E-state index contributed by atoms with van der Waals surface area (Å²) in [7, 11) is 3.13. The number of hydrogen-bond acceptors (Lipinski definition) is 5. The molecule has 0 aliphatic heterocycles. The summed E-state index contributed by atoms with van der Waals surface area (Å²) in [6.45, 7) is 0.314. The van der Waals surface area contributed by atoms with E-state index in [1.807, 2.05) is 36.4 Å². The fourth-order valence-electron chi connectivity index (χ4n) is 2.75. The Kier molecular flexibility index (Phi) is 9.00. The van der Waals surface area contributed by atoms with Gasteiger partial charge in [-0.15, -0.1) is 0 Å². The van der Waals surface area contributed by atoms with Crippen LogP contribution in [-0.4, -0.2) is 26.3 Å². The fraction of sp³-hybridized carbons (Fsp3) is 0.130. The number of benzene rings is 3. The average molecular weight is 677 g/mol. The van der Waals surface area contributed by atoms with Crippen LogP contribution in [0.25, 0.3) is 0 Å². The predicted octanol–water partition coefficient (Wildman–Crippen LogP) is 5.91. The molecule has 3 aromatic rings. The number of hydrazone groups is 1. The zero-order valence-electron chi connectivity index (χ0n) is 17.2. The first-order chi connectivity index (χ1) is 15.4. The van der Waals surface area contributed by atoms with Crippen molar-refractivity contribution in [2.24, 2.45) is 5.10 Å². The number of ether oxygens (including phenoxy) is 3. The molecule has 0 aliphatic carbocycles. The Bertz CT molecular complexity index is 1150. The molecular formula is C23H19ClI2N2O4. The van der Waals surface area contributed by atoms with E-state index >= 15 is 0 Å². The molecule has 166 valence electrons. The maximum atomic E-state index is 12.4. The lowest BCUT2D eigenvalue weighted by atomic mass is 10.2. The number of rotatable bonds is 8. The zero-order valence-corrected chi connectivity index (χ0v) is 22.3. The quantitative estimate of drug-likeness (QED) is 0.183. The van der Waals surface area contributed by atoms with Gasteiger partial charge in [-0.1, -0.05) is 29.8 Å². The lowest BCUT2D eigenvalue weighted by Gasteiger charge is -2.14. The third-order valence-corrected chi connectivity index (χ3v) is 6.44. The summed E-state index contributed by atoms with van der Waals surface area (Å²) in [6, 6.07) is 16.4. The molecule has 0 aromatic heterocycles. The van der Waals surface area contributed by atoms with Crippen LogP contribution in [0.15, 0.2) is 59.7 Å². The summed E-state index contributed by atoms with van der Waals surface area (Å²) < 4.78 is 18.5. The van der Waals surface area contributed by atoms with E-state index < -0.39 is 0 Å². The highest BCUT2D eigenvalue weighted by molar-refractivity contribution is 14.1. The Morgan fingerprint density at radius 3 is 2.50 bits per heavy atom. The van der Waals surface area contributed by atoms with Crippen LogP contribution in [0.4, 0.5) is 0 Å². The number of amides is 1. The van der Waals surface area contributed by atoms with Gasteiger partial charge in [0, 0.05) is 16.1 Å². The second kappa shape index (κ2) is 11.7. The van der Waals surface area contributed by atoms with Gasteiger partial charge in [-0.05, 0) is 87.1 Å². The molecule has 32 heavy (non-hydrogen) atoms. The lowest BCUT2D eigenvalue weighted by molar-refractivity contribution is 0.0954. The van der Waals surface area contributed by atoms with Crippen molar-refractivity contribution in [3.8, 4) is 17.2 Å². The molecule has 1 N–H and O–H groups in total. The first kappa shape index (κ1) is 24.6. The van der Waals surface area contributed by atoms with E-state index in [1.165, 1.54) is 0 Å². The molecule has 0 fully saturated rings. The van der Waals surface area contributed by atoms with Gasteiger partial charge >= 0.3 is 0 Å². The number of methoxy groups -OCH3 is 2. The van der Waals surface area contributed by atoms with Crippen molar-refractivity contribution in [2.45, 2.75) is 6.61 Å². The molecule has 0 unspecified atom stereocenters. The highest BCUT2D eigenvalue weighted by atomic mass is 127. The molecule has 1 amide bonds. The van der Waals surface area contributed by atoms with E-state index in [4.69, 9.17) is 25.8 Å². The molecule has 0 saturated heterocycles. The van der Waals surface area contributed by atoms with Gasteiger partial charge in [0.15, 0.2) is 11.5 Å². The monoisotopic (exact) mass is 676 g/mol. The molecule has 0 bridgehead atoms. The summed E-state index contributed by atoms with van der Waals surface area (Å²) in [5.74, 6) is 1.46. The molecule has 3 aromatic carbocycles. The van der Waals surface area contributed by atoms with Gasteiger partial charge < -0.3 is 14.2 Å². The van der Waals surface area contributed by atoms with E-state index in [0.29, 0.717) is 34.4 Å². The van der Waals surface area contributed by atoms with Gasteiger partial charge in [-0.3, -0.25) is 4.79 Å². The minimum absolute atomic E-state index is 0.314. The summed E-state index contributed by atoms with van der Waals surface area (Å²) in [6.07, 6.45) is 1.55. The number of nitrogens with zero attached hydrogens (tertiary/aromatic N) is 1.